The molecule has 0 radical (unpaired) electrons. The van der Waals surface area contributed by atoms with Gasteiger partial charge in [-0.05, 0) is 36.4 Å². The molecule has 0 fully saturated rings. The molecule has 2 heterocycles. The first-order valence-corrected chi connectivity index (χ1v) is 9.55. The first-order chi connectivity index (χ1) is 14.1. The number of ether oxygens (including phenoxy) is 1. The maximum Gasteiger partial charge on any atom is 0.274 e. The lowest BCUT2D eigenvalue weighted by Crippen LogP contribution is -2.27. The van der Waals surface area contributed by atoms with Crippen molar-refractivity contribution >= 4 is 16.9 Å². The monoisotopic (exact) mass is 389 g/mol. The number of hydrogen-bond acceptors (Lipinski definition) is 4. The number of methoxy groups -OCH3 is 1. The van der Waals surface area contributed by atoms with E-state index in [1.165, 1.54) is 0 Å². The lowest BCUT2D eigenvalue weighted by atomic mass is 10.1. The number of amides is 1. The normalized spacial score (nSPS) is 11.0. The molecule has 4 rings (SSSR count). The van der Waals surface area contributed by atoms with Crippen molar-refractivity contribution in [2.24, 2.45) is 0 Å². The van der Waals surface area contributed by atoms with Crippen LogP contribution in [0.15, 0.2) is 65.2 Å². The molecule has 0 bridgehead atoms. The third-order valence-corrected chi connectivity index (χ3v) is 4.99. The van der Waals surface area contributed by atoms with E-state index in [1.807, 2.05) is 48.5 Å². The molecule has 0 saturated carbocycles. The summed E-state index contributed by atoms with van der Waals surface area (Å²) >= 11 is 0. The number of aromatic nitrogens is 2. The highest BCUT2D eigenvalue weighted by Crippen LogP contribution is 2.27. The van der Waals surface area contributed by atoms with Crippen molar-refractivity contribution in [3.8, 4) is 11.4 Å². The van der Waals surface area contributed by atoms with Gasteiger partial charge in [0.2, 0.25) is 0 Å². The van der Waals surface area contributed by atoms with Crippen molar-refractivity contribution in [1.82, 2.24) is 14.7 Å². The number of aryl methyl sites for hydroxylation is 1. The molecule has 4 aromatic rings. The van der Waals surface area contributed by atoms with E-state index in [2.05, 4.69) is 12.0 Å². The number of rotatable bonds is 6. The van der Waals surface area contributed by atoms with Gasteiger partial charge < -0.3 is 14.1 Å². The van der Waals surface area contributed by atoms with Gasteiger partial charge in [-0.1, -0.05) is 25.1 Å². The summed E-state index contributed by atoms with van der Waals surface area (Å²) in [6, 6.07) is 17.2. The van der Waals surface area contributed by atoms with Crippen molar-refractivity contribution in [1.29, 1.82) is 0 Å². The van der Waals surface area contributed by atoms with Crippen LogP contribution in [0, 0.1) is 0 Å². The number of fused-ring (bicyclic) bond motifs is 1. The van der Waals surface area contributed by atoms with E-state index in [0.29, 0.717) is 12.2 Å². The van der Waals surface area contributed by atoms with Gasteiger partial charge in [0.25, 0.3) is 5.91 Å². The molecule has 0 N–H and O–H groups in total. The summed E-state index contributed by atoms with van der Waals surface area (Å²) < 4.78 is 12.8. The molecule has 1 amide bonds. The minimum Gasteiger partial charge on any atom is -0.497 e. The van der Waals surface area contributed by atoms with Crippen LogP contribution in [0.1, 0.15) is 28.7 Å². The molecule has 0 aliphatic carbocycles. The Morgan fingerprint density at radius 2 is 1.90 bits per heavy atom. The molecular weight excluding hydrogens is 366 g/mol. The zero-order chi connectivity index (χ0) is 20.4. The van der Waals surface area contributed by atoms with Gasteiger partial charge in [0, 0.05) is 37.2 Å². The molecule has 0 saturated heterocycles. The topological polar surface area (TPSA) is 60.5 Å². The van der Waals surface area contributed by atoms with Gasteiger partial charge in [-0.3, -0.25) is 4.79 Å². The quantitative estimate of drug-likeness (QED) is 0.488. The number of para-hydroxylation sites is 1. The number of benzene rings is 2. The number of furan rings is 1. The number of hydrogen-bond donors (Lipinski definition) is 0. The summed E-state index contributed by atoms with van der Waals surface area (Å²) in [6.07, 6.45) is 2.56. The predicted octanol–water partition coefficient (Wildman–Crippen LogP) is 4.46. The lowest BCUT2D eigenvalue weighted by molar-refractivity contribution is 0.0778. The van der Waals surface area contributed by atoms with Gasteiger partial charge in [-0.2, -0.15) is 5.10 Å². The van der Waals surface area contributed by atoms with E-state index in [9.17, 15) is 4.79 Å². The molecule has 6 heteroatoms. The highest BCUT2D eigenvalue weighted by atomic mass is 16.5. The Morgan fingerprint density at radius 1 is 1.14 bits per heavy atom. The second-order valence-electron chi connectivity index (χ2n) is 6.86. The third-order valence-electron chi connectivity index (χ3n) is 4.99. The van der Waals surface area contributed by atoms with Gasteiger partial charge in [-0.25, -0.2) is 4.68 Å². The maximum atomic E-state index is 13.0. The zero-order valence-corrected chi connectivity index (χ0v) is 16.8. The van der Waals surface area contributed by atoms with Crippen molar-refractivity contribution in [2.75, 3.05) is 14.2 Å². The van der Waals surface area contributed by atoms with Crippen LogP contribution >= 0.6 is 0 Å². The van der Waals surface area contributed by atoms with Crippen molar-refractivity contribution in [3.05, 3.63) is 77.8 Å². The summed E-state index contributed by atoms with van der Waals surface area (Å²) in [4.78, 5) is 14.6. The SMILES string of the molecule is CCc1oc2ccccc2c1CN(C)C(=O)c1ccn(-c2ccc(OC)cc2)n1. The summed E-state index contributed by atoms with van der Waals surface area (Å²) in [5, 5.41) is 5.50. The largest absolute Gasteiger partial charge is 0.497 e. The highest BCUT2D eigenvalue weighted by Gasteiger charge is 2.20. The number of carbonyl (C=O) groups excluding carboxylic acids is 1. The molecule has 148 valence electrons. The molecule has 0 atom stereocenters. The van der Waals surface area contributed by atoms with Crippen molar-refractivity contribution < 1.29 is 13.9 Å². The minimum atomic E-state index is -0.135. The van der Waals surface area contributed by atoms with Crippen LogP contribution in [0.4, 0.5) is 0 Å². The molecule has 2 aromatic carbocycles. The van der Waals surface area contributed by atoms with E-state index >= 15 is 0 Å². The number of nitrogens with zero attached hydrogens (tertiary/aromatic N) is 3. The zero-order valence-electron chi connectivity index (χ0n) is 16.8. The predicted molar refractivity (Wildman–Crippen MR) is 112 cm³/mol. The van der Waals surface area contributed by atoms with E-state index in [-0.39, 0.29) is 5.91 Å². The summed E-state index contributed by atoms with van der Waals surface area (Å²) in [5.74, 6) is 1.55. The molecule has 0 aliphatic heterocycles. The Hall–Kier alpha value is -3.54. The van der Waals surface area contributed by atoms with Gasteiger partial charge in [-0.15, -0.1) is 0 Å². The third kappa shape index (κ3) is 3.61. The average Bonchev–Trinajstić information content (AvgIpc) is 3.38. The van der Waals surface area contributed by atoms with E-state index in [1.54, 1.807) is 36.0 Å². The molecule has 0 aliphatic rings. The Morgan fingerprint density at radius 3 is 2.62 bits per heavy atom. The van der Waals surface area contributed by atoms with E-state index in [4.69, 9.17) is 9.15 Å². The van der Waals surface area contributed by atoms with Crippen LogP contribution < -0.4 is 4.74 Å². The smallest absolute Gasteiger partial charge is 0.274 e. The van der Waals surface area contributed by atoms with Crippen LogP contribution in [0.25, 0.3) is 16.7 Å². The van der Waals surface area contributed by atoms with Crippen LogP contribution in [-0.4, -0.2) is 34.7 Å². The van der Waals surface area contributed by atoms with Gasteiger partial charge >= 0.3 is 0 Å². The van der Waals surface area contributed by atoms with Crippen LogP contribution in [0.5, 0.6) is 5.75 Å². The molecule has 2 aromatic heterocycles. The van der Waals surface area contributed by atoms with Crippen molar-refractivity contribution in [3.63, 3.8) is 0 Å². The Kier molecular flexibility index (Phi) is 5.08. The van der Waals surface area contributed by atoms with Gasteiger partial charge in [0.1, 0.15) is 17.1 Å². The van der Waals surface area contributed by atoms with Crippen LogP contribution in [0.2, 0.25) is 0 Å². The Bertz CT molecular complexity index is 1140. The lowest BCUT2D eigenvalue weighted by Gasteiger charge is -2.16. The minimum absolute atomic E-state index is 0.135. The molecule has 29 heavy (non-hydrogen) atoms. The first-order valence-electron chi connectivity index (χ1n) is 9.55. The molecule has 6 nitrogen and oxygen atoms in total. The summed E-state index contributed by atoms with van der Waals surface area (Å²) in [7, 11) is 3.42. The van der Waals surface area contributed by atoms with Crippen molar-refractivity contribution in [2.45, 2.75) is 19.9 Å². The summed E-state index contributed by atoms with van der Waals surface area (Å²) in [5.41, 5.74) is 3.16. The van der Waals surface area contributed by atoms with E-state index in [0.717, 1.165) is 40.2 Å². The number of carbonyl (C=O) groups is 1. The standard InChI is InChI=1S/C23H23N3O3/c1-4-21-19(18-7-5-6-8-22(18)29-21)15-25(2)23(27)20-13-14-26(24-20)16-9-11-17(28-3)12-10-16/h5-14H,4,15H2,1-3H3. The first kappa shape index (κ1) is 18.8. The second-order valence-corrected chi connectivity index (χ2v) is 6.86. The fraction of sp³-hybridized carbons (Fsp3) is 0.217. The van der Waals surface area contributed by atoms with Gasteiger partial charge in [0.15, 0.2) is 5.69 Å². The Labute approximate surface area is 169 Å². The molecular formula is C23H23N3O3. The maximum absolute atomic E-state index is 13.0. The molecule has 0 unspecified atom stereocenters. The summed E-state index contributed by atoms with van der Waals surface area (Å²) in [6.45, 7) is 2.52. The molecule has 0 spiro atoms. The van der Waals surface area contributed by atoms with Crippen LogP contribution in [0.3, 0.4) is 0 Å². The Balaban J connectivity index is 1.55. The van der Waals surface area contributed by atoms with Crippen LogP contribution in [-0.2, 0) is 13.0 Å². The highest BCUT2D eigenvalue weighted by molar-refractivity contribution is 5.92. The van der Waals surface area contributed by atoms with E-state index < -0.39 is 0 Å². The second kappa shape index (κ2) is 7.83. The average molecular weight is 389 g/mol. The fourth-order valence-electron chi connectivity index (χ4n) is 3.43. The fourth-order valence-corrected chi connectivity index (χ4v) is 3.43. The van der Waals surface area contributed by atoms with Gasteiger partial charge in [0.05, 0.1) is 12.8 Å².